The van der Waals surface area contributed by atoms with Gasteiger partial charge in [0.25, 0.3) is 0 Å². The zero-order valence-electron chi connectivity index (χ0n) is 16.0. The second kappa shape index (κ2) is 12.4. The van der Waals surface area contributed by atoms with Crippen LogP contribution >= 0.6 is 0 Å². The van der Waals surface area contributed by atoms with Crippen LogP contribution in [0.4, 0.5) is 4.79 Å². The summed E-state index contributed by atoms with van der Waals surface area (Å²) in [6, 6.07) is 0. The first-order valence-corrected chi connectivity index (χ1v) is 9.06. The Morgan fingerprint density at radius 3 is 1.92 bits per heavy atom. The van der Waals surface area contributed by atoms with Crippen molar-refractivity contribution in [1.29, 1.82) is 0 Å². The van der Waals surface area contributed by atoms with Gasteiger partial charge in [0, 0.05) is 39.3 Å². The lowest BCUT2D eigenvalue weighted by molar-refractivity contribution is 0.00228. The first kappa shape index (κ1) is 22.1. The van der Waals surface area contributed by atoms with Gasteiger partial charge in [-0.2, -0.15) is 0 Å². The Hall–Kier alpha value is -0.930. The van der Waals surface area contributed by atoms with Crippen LogP contribution in [0.2, 0.25) is 0 Å². The topological polar surface area (TPSA) is 86.5 Å². The number of nitrogens with two attached hydrogens (primary N) is 1. The molecule has 0 aromatic rings. The van der Waals surface area contributed by atoms with E-state index in [-0.39, 0.29) is 6.09 Å². The van der Waals surface area contributed by atoms with E-state index < -0.39 is 5.60 Å². The summed E-state index contributed by atoms with van der Waals surface area (Å²) in [6.45, 7) is 13.6. The Morgan fingerprint density at radius 2 is 1.40 bits per heavy atom. The fraction of sp³-hybridized carbons (Fsp3) is 0.941. The summed E-state index contributed by atoms with van der Waals surface area (Å²) >= 11 is 0. The second-order valence-corrected chi connectivity index (χ2v) is 6.93. The van der Waals surface area contributed by atoms with Crippen molar-refractivity contribution in [2.75, 3.05) is 78.9 Å². The molecule has 8 nitrogen and oxygen atoms in total. The van der Waals surface area contributed by atoms with Gasteiger partial charge in [0.1, 0.15) is 5.60 Å². The van der Waals surface area contributed by atoms with Crippen LogP contribution in [-0.4, -0.2) is 100 Å². The third-order valence-electron chi connectivity index (χ3n) is 3.58. The predicted octanol–water partition coefficient (Wildman–Crippen LogP) is 0.548. The zero-order valence-corrected chi connectivity index (χ0v) is 16.0. The van der Waals surface area contributed by atoms with Crippen molar-refractivity contribution in [3.05, 3.63) is 0 Å². The highest BCUT2D eigenvalue weighted by Crippen LogP contribution is 2.11. The van der Waals surface area contributed by atoms with Crippen molar-refractivity contribution < 1.29 is 23.7 Å². The minimum absolute atomic E-state index is 0.226. The molecule has 148 valence electrons. The molecule has 0 radical (unpaired) electrons. The van der Waals surface area contributed by atoms with Crippen molar-refractivity contribution in [2.45, 2.75) is 26.4 Å². The van der Waals surface area contributed by atoms with Gasteiger partial charge < -0.3 is 29.6 Å². The highest BCUT2D eigenvalue weighted by Gasteiger charge is 2.25. The maximum atomic E-state index is 12.0. The van der Waals surface area contributed by atoms with E-state index in [1.54, 1.807) is 4.90 Å². The molecule has 0 atom stereocenters. The van der Waals surface area contributed by atoms with E-state index in [0.717, 1.165) is 19.6 Å². The molecular weight excluding hydrogens is 326 g/mol. The number of hydrogen-bond donors (Lipinski definition) is 1. The van der Waals surface area contributed by atoms with Gasteiger partial charge in [-0.15, -0.1) is 0 Å². The molecule has 1 fully saturated rings. The summed E-state index contributed by atoms with van der Waals surface area (Å²) in [7, 11) is 0. The number of rotatable bonds is 11. The number of amides is 1. The van der Waals surface area contributed by atoms with Gasteiger partial charge in [0.2, 0.25) is 0 Å². The Balaban J connectivity index is 1.96. The molecule has 0 aliphatic carbocycles. The molecule has 1 aliphatic heterocycles. The number of ether oxygens (including phenoxy) is 4. The van der Waals surface area contributed by atoms with Crippen molar-refractivity contribution in [1.82, 2.24) is 9.80 Å². The molecule has 0 unspecified atom stereocenters. The first-order chi connectivity index (χ1) is 11.9. The molecule has 0 aromatic heterocycles. The van der Waals surface area contributed by atoms with Gasteiger partial charge in [0.05, 0.1) is 39.6 Å². The van der Waals surface area contributed by atoms with Gasteiger partial charge in [-0.1, -0.05) is 0 Å². The highest BCUT2D eigenvalue weighted by atomic mass is 16.6. The molecule has 25 heavy (non-hydrogen) atoms. The summed E-state index contributed by atoms with van der Waals surface area (Å²) in [5.41, 5.74) is 4.87. The van der Waals surface area contributed by atoms with Gasteiger partial charge in [0.15, 0.2) is 0 Å². The lowest BCUT2D eigenvalue weighted by atomic mass is 10.2. The summed E-state index contributed by atoms with van der Waals surface area (Å²) < 4.78 is 21.6. The van der Waals surface area contributed by atoms with Crippen LogP contribution in [0.25, 0.3) is 0 Å². The van der Waals surface area contributed by atoms with Crippen LogP contribution in [0.15, 0.2) is 0 Å². The van der Waals surface area contributed by atoms with E-state index in [2.05, 4.69) is 4.90 Å². The molecule has 2 N–H and O–H groups in total. The molecule has 1 rings (SSSR count). The van der Waals surface area contributed by atoms with Gasteiger partial charge in [-0.25, -0.2) is 4.79 Å². The van der Waals surface area contributed by atoms with E-state index in [4.69, 9.17) is 24.7 Å². The largest absolute Gasteiger partial charge is 0.444 e. The van der Waals surface area contributed by atoms with E-state index >= 15 is 0 Å². The van der Waals surface area contributed by atoms with Crippen LogP contribution in [0.3, 0.4) is 0 Å². The van der Waals surface area contributed by atoms with Crippen LogP contribution < -0.4 is 5.73 Å². The minimum Gasteiger partial charge on any atom is -0.444 e. The van der Waals surface area contributed by atoms with Gasteiger partial charge in [-0.3, -0.25) is 4.90 Å². The van der Waals surface area contributed by atoms with Crippen molar-refractivity contribution >= 4 is 6.09 Å². The molecule has 0 bridgehead atoms. The molecule has 0 aromatic carbocycles. The average Bonchev–Trinajstić information content (AvgIpc) is 2.55. The molecule has 8 heteroatoms. The maximum Gasteiger partial charge on any atom is 0.410 e. The Labute approximate surface area is 151 Å². The zero-order chi connectivity index (χ0) is 18.5. The van der Waals surface area contributed by atoms with Crippen molar-refractivity contribution in [2.24, 2.45) is 5.73 Å². The first-order valence-electron chi connectivity index (χ1n) is 9.06. The maximum absolute atomic E-state index is 12.0. The number of hydrogen-bond acceptors (Lipinski definition) is 7. The SMILES string of the molecule is CC(C)(C)OC(=O)N1CCN(CCOCCOCCOCCN)CC1. The smallest absolute Gasteiger partial charge is 0.410 e. The van der Waals surface area contributed by atoms with Crippen molar-refractivity contribution in [3.8, 4) is 0 Å². The van der Waals surface area contributed by atoms with E-state index in [0.29, 0.717) is 59.3 Å². The number of carbonyl (C=O) groups excluding carboxylic acids is 1. The van der Waals surface area contributed by atoms with Crippen LogP contribution in [0.1, 0.15) is 20.8 Å². The number of carbonyl (C=O) groups is 1. The summed E-state index contributed by atoms with van der Waals surface area (Å²) in [4.78, 5) is 16.1. The second-order valence-electron chi connectivity index (χ2n) is 6.93. The monoisotopic (exact) mass is 361 g/mol. The quantitative estimate of drug-likeness (QED) is 0.538. The van der Waals surface area contributed by atoms with Crippen LogP contribution in [0, 0.1) is 0 Å². The highest BCUT2D eigenvalue weighted by molar-refractivity contribution is 5.68. The van der Waals surface area contributed by atoms with Crippen LogP contribution in [0.5, 0.6) is 0 Å². The van der Waals surface area contributed by atoms with Gasteiger partial charge >= 0.3 is 6.09 Å². The standard InChI is InChI=1S/C17H35N3O5/c1-17(2,3)25-16(21)20-7-5-19(6-8-20)9-11-23-13-15-24-14-12-22-10-4-18/h4-15,18H2,1-3H3. The summed E-state index contributed by atoms with van der Waals surface area (Å²) in [6.07, 6.45) is -0.226. The van der Waals surface area contributed by atoms with Crippen molar-refractivity contribution in [3.63, 3.8) is 0 Å². The van der Waals surface area contributed by atoms with Gasteiger partial charge in [-0.05, 0) is 20.8 Å². The number of piperazine rings is 1. The number of nitrogens with zero attached hydrogens (tertiary/aromatic N) is 2. The Bertz CT molecular complexity index is 355. The fourth-order valence-corrected chi connectivity index (χ4v) is 2.30. The summed E-state index contributed by atoms with van der Waals surface area (Å²) in [5.74, 6) is 0. The summed E-state index contributed by atoms with van der Waals surface area (Å²) in [5, 5.41) is 0. The lowest BCUT2D eigenvalue weighted by Gasteiger charge is -2.35. The predicted molar refractivity (Wildman–Crippen MR) is 95.8 cm³/mol. The Morgan fingerprint density at radius 1 is 0.880 bits per heavy atom. The third-order valence-corrected chi connectivity index (χ3v) is 3.58. The molecule has 0 spiro atoms. The minimum atomic E-state index is -0.444. The Kier molecular flexibility index (Phi) is 11.0. The average molecular weight is 361 g/mol. The molecule has 1 saturated heterocycles. The van der Waals surface area contributed by atoms with E-state index in [1.807, 2.05) is 20.8 Å². The molecule has 1 amide bonds. The van der Waals surface area contributed by atoms with E-state index in [9.17, 15) is 4.79 Å². The normalized spacial score (nSPS) is 16.2. The van der Waals surface area contributed by atoms with E-state index in [1.165, 1.54) is 0 Å². The molecular formula is C17H35N3O5. The molecule has 1 aliphatic rings. The lowest BCUT2D eigenvalue weighted by Crippen LogP contribution is -2.50. The molecule has 1 heterocycles. The van der Waals surface area contributed by atoms with Crippen LogP contribution in [-0.2, 0) is 18.9 Å². The fourth-order valence-electron chi connectivity index (χ4n) is 2.30. The third kappa shape index (κ3) is 11.3. The molecule has 0 saturated carbocycles.